The molecule has 1 atom stereocenters. The third-order valence-corrected chi connectivity index (χ3v) is 6.55. The first kappa shape index (κ1) is 26.6. The van der Waals surface area contributed by atoms with E-state index in [4.69, 9.17) is 16.3 Å². The lowest BCUT2D eigenvalue weighted by atomic mass is 10.2. The maximum atomic E-state index is 12.5. The number of hydrogen-bond donors (Lipinski definition) is 2. The Morgan fingerprint density at radius 2 is 1.89 bits per heavy atom. The Morgan fingerprint density at radius 3 is 2.57 bits per heavy atom. The van der Waals surface area contributed by atoms with Crippen LogP contribution in [0.4, 0.5) is 5.69 Å². The quantitative estimate of drug-likeness (QED) is 0.361. The summed E-state index contributed by atoms with van der Waals surface area (Å²) >= 11 is 7.30. The molecule has 0 saturated carbocycles. The number of halogens is 1. The van der Waals surface area contributed by atoms with E-state index in [0.717, 1.165) is 12.0 Å². The van der Waals surface area contributed by atoms with Crippen LogP contribution in [0.1, 0.15) is 37.7 Å². The van der Waals surface area contributed by atoms with Gasteiger partial charge in [-0.3, -0.25) is 9.59 Å². The Balaban J connectivity index is 1.52. The highest BCUT2D eigenvalue weighted by atomic mass is 35.5. The molecule has 2 amide bonds. The minimum atomic E-state index is -0.659. The van der Waals surface area contributed by atoms with Crippen LogP contribution < -0.4 is 15.4 Å². The van der Waals surface area contributed by atoms with E-state index in [1.807, 2.05) is 48.7 Å². The molecule has 3 aromatic rings. The molecular formula is C25H30ClN5O3S. The van der Waals surface area contributed by atoms with Crippen LogP contribution in [0.25, 0.3) is 0 Å². The molecule has 1 aromatic heterocycles. The van der Waals surface area contributed by atoms with Crippen LogP contribution >= 0.6 is 23.4 Å². The minimum Gasteiger partial charge on any atom is -0.481 e. The maximum absolute atomic E-state index is 12.5. The van der Waals surface area contributed by atoms with Gasteiger partial charge < -0.3 is 19.9 Å². The van der Waals surface area contributed by atoms with Crippen molar-refractivity contribution < 1.29 is 14.3 Å². The van der Waals surface area contributed by atoms with Gasteiger partial charge in [-0.25, -0.2) is 0 Å². The van der Waals surface area contributed by atoms with Crippen molar-refractivity contribution in [3.05, 3.63) is 64.4 Å². The molecule has 0 bridgehead atoms. The van der Waals surface area contributed by atoms with Crippen LogP contribution in [-0.2, 0) is 29.1 Å². The first-order chi connectivity index (χ1) is 16.8. The molecule has 8 nitrogen and oxygen atoms in total. The zero-order valence-corrected chi connectivity index (χ0v) is 21.9. The normalized spacial score (nSPS) is 11.7. The molecule has 2 aromatic carbocycles. The topological polar surface area (TPSA) is 98.1 Å². The van der Waals surface area contributed by atoms with Crippen molar-refractivity contribution in [1.82, 2.24) is 20.1 Å². The number of carbonyl (C=O) groups excluding carboxylic acids is 2. The molecule has 0 aliphatic rings. The van der Waals surface area contributed by atoms with E-state index in [9.17, 15) is 9.59 Å². The number of ether oxygens (including phenoxy) is 1. The monoisotopic (exact) mass is 515 g/mol. The van der Waals surface area contributed by atoms with Gasteiger partial charge in [0.15, 0.2) is 17.1 Å². The van der Waals surface area contributed by atoms with Gasteiger partial charge in [0.05, 0.1) is 12.3 Å². The lowest BCUT2D eigenvalue weighted by molar-refractivity contribution is -0.127. The predicted molar refractivity (Wildman–Crippen MR) is 139 cm³/mol. The summed E-state index contributed by atoms with van der Waals surface area (Å²) in [6.45, 7) is 8.46. The van der Waals surface area contributed by atoms with Gasteiger partial charge >= 0.3 is 0 Å². The highest BCUT2D eigenvalue weighted by molar-refractivity contribution is 7.99. The van der Waals surface area contributed by atoms with Crippen LogP contribution in [0.15, 0.2) is 47.6 Å². The second-order valence-electron chi connectivity index (χ2n) is 7.91. The molecule has 186 valence electrons. The van der Waals surface area contributed by atoms with E-state index in [1.165, 1.54) is 17.3 Å². The van der Waals surface area contributed by atoms with Crippen molar-refractivity contribution in [2.24, 2.45) is 0 Å². The van der Waals surface area contributed by atoms with E-state index in [-0.39, 0.29) is 24.1 Å². The minimum absolute atomic E-state index is 0.165. The van der Waals surface area contributed by atoms with Crippen LogP contribution in [0, 0.1) is 6.92 Å². The average Bonchev–Trinajstić information content (AvgIpc) is 3.25. The van der Waals surface area contributed by atoms with Crippen molar-refractivity contribution >= 4 is 40.9 Å². The number of carbonyl (C=O) groups is 2. The maximum Gasteiger partial charge on any atom is 0.261 e. The molecule has 2 N–H and O–H groups in total. The van der Waals surface area contributed by atoms with E-state index >= 15 is 0 Å². The van der Waals surface area contributed by atoms with Crippen LogP contribution in [0.5, 0.6) is 5.75 Å². The first-order valence-corrected chi connectivity index (χ1v) is 12.8. The Kier molecular flexibility index (Phi) is 9.56. The summed E-state index contributed by atoms with van der Waals surface area (Å²) in [6.07, 6.45) is 0.286. The first-order valence-electron chi connectivity index (χ1n) is 11.4. The largest absolute Gasteiger partial charge is 0.481 e. The predicted octanol–water partition coefficient (Wildman–Crippen LogP) is 4.64. The third kappa shape index (κ3) is 7.47. The number of hydrogen-bond acceptors (Lipinski definition) is 6. The molecule has 0 saturated heterocycles. The van der Waals surface area contributed by atoms with Gasteiger partial charge in [0, 0.05) is 17.3 Å². The molecule has 3 rings (SSSR count). The summed E-state index contributed by atoms with van der Waals surface area (Å²) in [6, 6.07) is 13.1. The van der Waals surface area contributed by atoms with Crippen molar-refractivity contribution in [1.29, 1.82) is 0 Å². The number of rotatable bonds is 11. The lowest BCUT2D eigenvalue weighted by Crippen LogP contribution is -2.36. The van der Waals surface area contributed by atoms with Gasteiger partial charge in [-0.05, 0) is 62.6 Å². The molecule has 0 radical (unpaired) electrons. The second kappa shape index (κ2) is 12.6. The average molecular weight is 516 g/mol. The van der Waals surface area contributed by atoms with Gasteiger partial charge in [0.2, 0.25) is 5.91 Å². The van der Waals surface area contributed by atoms with Gasteiger partial charge in [-0.1, -0.05) is 48.5 Å². The number of amides is 2. The highest BCUT2D eigenvalue weighted by Gasteiger charge is 2.18. The summed E-state index contributed by atoms with van der Waals surface area (Å²) < 4.78 is 7.62. The molecule has 0 spiro atoms. The highest BCUT2D eigenvalue weighted by Crippen LogP contribution is 2.22. The van der Waals surface area contributed by atoms with Crippen molar-refractivity contribution in [3.63, 3.8) is 0 Å². The van der Waals surface area contributed by atoms with Gasteiger partial charge in [0.1, 0.15) is 5.75 Å². The van der Waals surface area contributed by atoms with Gasteiger partial charge in [0.25, 0.3) is 5.91 Å². The second-order valence-corrected chi connectivity index (χ2v) is 9.29. The standard InChI is InChI=1S/C25H30ClN5O3S/c1-5-18-8-11-20(12-9-18)34-17(4)24(33)27-14-22-29-30-25(31(22)6-2)35-15-23(32)28-21-13-19(26)10-7-16(21)3/h7-13,17H,5-6,14-15H2,1-4H3,(H,27,33)(H,28,32)/t17-/m0/s1. The molecule has 0 unspecified atom stereocenters. The van der Waals surface area contributed by atoms with Gasteiger partial charge in [-0.15, -0.1) is 10.2 Å². The van der Waals surface area contributed by atoms with Crippen LogP contribution in [0.3, 0.4) is 0 Å². The Hall–Kier alpha value is -3.04. The SMILES string of the molecule is CCc1ccc(O[C@@H](C)C(=O)NCc2nnc(SCC(=O)Nc3cc(Cl)ccc3C)n2CC)cc1. The van der Waals surface area contributed by atoms with Crippen LogP contribution in [-0.4, -0.2) is 38.4 Å². The van der Waals surface area contributed by atoms with Crippen LogP contribution in [0.2, 0.25) is 5.02 Å². The summed E-state index contributed by atoms with van der Waals surface area (Å²) in [5, 5.41) is 15.3. The summed E-state index contributed by atoms with van der Waals surface area (Å²) in [5.41, 5.74) is 2.82. The number of anilines is 1. The number of nitrogens with one attached hydrogen (secondary N) is 2. The summed E-state index contributed by atoms with van der Waals surface area (Å²) in [7, 11) is 0. The van der Waals surface area contributed by atoms with E-state index in [1.54, 1.807) is 19.1 Å². The molecular weight excluding hydrogens is 486 g/mol. The number of benzene rings is 2. The molecule has 1 heterocycles. The zero-order valence-electron chi connectivity index (χ0n) is 20.3. The number of thioether (sulfide) groups is 1. The molecule has 0 aliphatic heterocycles. The van der Waals surface area contributed by atoms with Crippen molar-refractivity contribution in [3.8, 4) is 5.75 Å². The fraction of sp³-hybridized carbons (Fsp3) is 0.360. The zero-order chi connectivity index (χ0) is 25.4. The smallest absolute Gasteiger partial charge is 0.261 e. The van der Waals surface area contributed by atoms with E-state index in [2.05, 4.69) is 27.8 Å². The Bertz CT molecular complexity index is 1170. The third-order valence-electron chi connectivity index (χ3n) is 5.35. The van der Waals surface area contributed by atoms with E-state index < -0.39 is 6.10 Å². The number of nitrogens with zero attached hydrogens (tertiary/aromatic N) is 3. The molecule has 10 heteroatoms. The van der Waals surface area contributed by atoms with E-state index in [0.29, 0.717) is 34.0 Å². The Morgan fingerprint density at radius 1 is 1.14 bits per heavy atom. The summed E-state index contributed by atoms with van der Waals surface area (Å²) in [5.74, 6) is 0.998. The fourth-order valence-corrected chi connectivity index (χ4v) is 4.28. The summed E-state index contributed by atoms with van der Waals surface area (Å²) in [4.78, 5) is 25.0. The molecule has 35 heavy (non-hydrogen) atoms. The van der Waals surface area contributed by atoms with Crippen molar-refractivity contribution in [2.45, 2.75) is 58.5 Å². The molecule has 0 fully saturated rings. The Labute approximate surface area is 214 Å². The number of aromatic nitrogens is 3. The van der Waals surface area contributed by atoms with Crippen molar-refractivity contribution in [2.75, 3.05) is 11.1 Å². The fourth-order valence-electron chi connectivity index (χ4n) is 3.29. The lowest BCUT2D eigenvalue weighted by Gasteiger charge is -2.15. The number of aryl methyl sites for hydroxylation is 2. The molecule has 0 aliphatic carbocycles. The van der Waals surface area contributed by atoms with Gasteiger partial charge in [-0.2, -0.15) is 0 Å².